The molecule has 2 nitrogen and oxygen atoms in total. The standard InChI is InChI=1S/C13H16N2/c1-9(2)11-5-6-12-13(7-11)15(4)10(3)8-14-12/h5-9H,3H2,1-2,4H3. The van der Waals surface area contributed by atoms with Crippen LogP contribution in [-0.2, 0) is 0 Å². The maximum absolute atomic E-state index is 4.36. The molecule has 0 atom stereocenters. The van der Waals surface area contributed by atoms with Gasteiger partial charge in [-0.3, -0.25) is 4.99 Å². The van der Waals surface area contributed by atoms with Crippen molar-refractivity contribution in [2.45, 2.75) is 19.8 Å². The highest BCUT2D eigenvalue weighted by atomic mass is 15.1. The minimum absolute atomic E-state index is 0.544. The number of fused-ring (bicyclic) bond motifs is 1. The molecule has 0 radical (unpaired) electrons. The Morgan fingerprint density at radius 1 is 1.33 bits per heavy atom. The molecule has 0 N–H and O–H groups in total. The van der Waals surface area contributed by atoms with Crippen LogP contribution in [0.5, 0.6) is 0 Å². The molecule has 0 saturated carbocycles. The van der Waals surface area contributed by atoms with Crippen LogP contribution in [0.4, 0.5) is 11.4 Å². The molecule has 1 aliphatic heterocycles. The lowest BCUT2D eigenvalue weighted by atomic mass is 10.0. The Morgan fingerprint density at radius 3 is 2.73 bits per heavy atom. The van der Waals surface area contributed by atoms with Crippen LogP contribution in [-0.4, -0.2) is 13.3 Å². The normalized spacial score (nSPS) is 14.7. The van der Waals surface area contributed by atoms with Crippen molar-refractivity contribution in [1.82, 2.24) is 0 Å². The molecule has 78 valence electrons. The molecule has 1 aliphatic rings. The van der Waals surface area contributed by atoms with E-state index in [1.807, 2.05) is 7.05 Å². The lowest BCUT2D eigenvalue weighted by Crippen LogP contribution is -2.19. The second kappa shape index (κ2) is 3.54. The fourth-order valence-corrected chi connectivity index (χ4v) is 1.66. The molecular weight excluding hydrogens is 184 g/mol. The minimum Gasteiger partial charge on any atom is -0.342 e. The molecule has 0 unspecified atom stereocenters. The summed E-state index contributed by atoms with van der Waals surface area (Å²) < 4.78 is 0. The van der Waals surface area contributed by atoms with Gasteiger partial charge < -0.3 is 4.90 Å². The van der Waals surface area contributed by atoms with Crippen LogP contribution in [0, 0.1) is 0 Å². The molecule has 0 amide bonds. The van der Waals surface area contributed by atoms with Crippen molar-refractivity contribution in [3.05, 3.63) is 36.0 Å². The van der Waals surface area contributed by atoms with Crippen LogP contribution in [0.25, 0.3) is 0 Å². The molecule has 0 bridgehead atoms. The van der Waals surface area contributed by atoms with Crippen LogP contribution in [0.2, 0.25) is 0 Å². The Balaban J connectivity index is 2.52. The summed E-state index contributed by atoms with van der Waals surface area (Å²) in [7, 11) is 2.02. The van der Waals surface area contributed by atoms with E-state index in [-0.39, 0.29) is 0 Å². The van der Waals surface area contributed by atoms with Crippen molar-refractivity contribution in [2.24, 2.45) is 4.99 Å². The highest BCUT2D eigenvalue weighted by molar-refractivity contribution is 5.92. The van der Waals surface area contributed by atoms with E-state index in [1.54, 1.807) is 6.21 Å². The van der Waals surface area contributed by atoms with Crippen LogP contribution < -0.4 is 4.90 Å². The molecule has 0 spiro atoms. The Hall–Kier alpha value is -1.57. The van der Waals surface area contributed by atoms with Gasteiger partial charge in [-0.05, 0) is 23.6 Å². The van der Waals surface area contributed by atoms with Crippen LogP contribution in [0.3, 0.4) is 0 Å². The monoisotopic (exact) mass is 200 g/mol. The number of hydrogen-bond acceptors (Lipinski definition) is 2. The molecule has 1 heterocycles. The predicted octanol–water partition coefficient (Wildman–Crippen LogP) is 3.48. The van der Waals surface area contributed by atoms with Gasteiger partial charge in [0.1, 0.15) is 0 Å². The van der Waals surface area contributed by atoms with Crippen LogP contribution >= 0.6 is 0 Å². The molecule has 0 fully saturated rings. The number of anilines is 1. The zero-order chi connectivity index (χ0) is 11.0. The largest absolute Gasteiger partial charge is 0.342 e. The Labute approximate surface area is 90.9 Å². The fourth-order valence-electron chi connectivity index (χ4n) is 1.66. The molecule has 2 rings (SSSR count). The third-order valence-electron chi connectivity index (χ3n) is 2.81. The summed E-state index contributed by atoms with van der Waals surface area (Å²) in [5.74, 6) is 0.544. The summed E-state index contributed by atoms with van der Waals surface area (Å²) in [6.07, 6.45) is 1.80. The van der Waals surface area contributed by atoms with E-state index in [4.69, 9.17) is 0 Å². The zero-order valence-corrected chi connectivity index (χ0v) is 9.49. The molecule has 1 aromatic carbocycles. The van der Waals surface area contributed by atoms with Crippen molar-refractivity contribution in [2.75, 3.05) is 11.9 Å². The van der Waals surface area contributed by atoms with Gasteiger partial charge in [0.05, 0.1) is 23.3 Å². The first kappa shape index (κ1) is 9.97. The summed E-state index contributed by atoms with van der Waals surface area (Å²) in [6, 6.07) is 6.41. The number of allylic oxidation sites excluding steroid dienone is 1. The SMILES string of the molecule is C=C1C=Nc2ccc(C(C)C)cc2N1C. The second-order valence-electron chi connectivity index (χ2n) is 4.21. The Morgan fingerprint density at radius 2 is 2.07 bits per heavy atom. The van der Waals surface area contributed by atoms with Gasteiger partial charge in [0.15, 0.2) is 0 Å². The fraction of sp³-hybridized carbons (Fsp3) is 0.308. The first-order valence-electron chi connectivity index (χ1n) is 5.20. The van der Waals surface area contributed by atoms with Gasteiger partial charge in [-0.15, -0.1) is 0 Å². The van der Waals surface area contributed by atoms with E-state index in [0.29, 0.717) is 5.92 Å². The smallest absolute Gasteiger partial charge is 0.0867 e. The topological polar surface area (TPSA) is 15.6 Å². The van der Waals surface area contributed by atoms with E-state index < -0.39 is 0 Å². The summed E-state index contributed by atoms with van der Waals surface area (Å²) in [5.41, 5.74) is 4.44. The summed E-state index contributed by atoms with van der Waals surface area (Å²) >= 11 is 0. The highest BCUT2D eigenvalue weighted by Gasteiger charge is 2.14. The first-order valence-corrected chi connectivity index (χ1v) is 5.20. The Kier molecular flexibility index (Phi) is 2.35. The molecule has 2 heteroatoms. The van der Waals surface area contributed by atoms with Gasteiger partial charge in [-0.1, -0.05) is 26.5 Å². The number of hydrogen-bond donors (Lipinski definition) is 0. The molecular formula is C13H16N2. The predicted molar refractivity (Wildman–Crippen MR) is 66.2 cm³/mol. The summed E-state index contributed by atoms with van der Waals surface area (Å²) in [4.78, 5) is 6.44. The van der Waals surface area contributed by atoms with Crippen LogP contribution in [0.1, 0.15) is 25.3 Å². The zero-order valence-electron chi connectivity index (χ0n) is 9.49. The molecule has 15 heavy (non-hydrogen) atoms. The summed E-state index contributed by atoms with van der Waals surface area (Å²) in [6.45, 7) is 8.34. The first-order chi connectivity index (χ1) is 7.09. The van der Waals surface area contributed by atoms with E-state index in [2.05, 4.69) is 48.5 Å². The molecule has 1 aromatic rings. The highest BCUT2D eigenvalue weighted by Crippen LogP contribution is 2.35. The second-order valence-corrected chi connectivity index (χ2v) is 4.21. The van der Waals surface area contributed by atoms with Crippen molar-refractivity contribution in [3.8, 4) is 0 Å². The average molecular weight is 200 g/mol. The average Bonchev–Trinajstić information content (AvgIpc) is 2.23. The molecule has 0 aliphatic carbocycles. The number of rotatable bonds is 1. The maximum Gasteiger partial charge on any atom is 0.0867 e. The van der Waals surface area contributed by atoms with Crippen molar-refractivity contribution in [3.63, 3.8) is 0 Å². The van der Waals surface area contributed by atoms with E-state index in [1.165, 1.54) is 5.56 Å². The van der Waals surface area contributed by atoms with Gasteiger partial charge in [-0.2, -0.15) is 0 Å². The van der Waals surface area contributed by atoms with Gasteiger partial charge in [0, 0.05) is 7.05 Å². The minimum atomic E-state index is 0.544. The van der Waals surface area contributed by atoms with Crippen LogP contribution in [0.15, 0.2) is 35.5 Å². The summed E-state index contributed by atoms with van der Waals surface area (Å²) in [5, 5.41) is 0. The number of benzene rings is 1. The van der Waals surface area contributed by atoms with E-state index in [0.717, 1.165) is 17.1 Å². The van der Waals surface area contributed by atoms with Gasteiger partial charge in [-0.25, -0.2) is 0 Å². The van der Waals surface area contributed by atoms with Crippen molar-refractivity contribution >= 4 is 17.6 Å². The van der Waals surface area contributed by atoms with E-state index >= 15 is 0 Å². The van der Waals surface area contributed by atoms with Gasteiger partial charge >= 0.3 is 0 Å². The maximum atomic E-state index is 4.36. The lowest BCUT2D eigenvalue weighted by molar-refractivity contribution is 0.865. The van der Waals surface area contributed by atoms with Gasteiger partial charge in [0.2, 0.25) is 0 Å². The molecule has 0 saturated heterocycles. The number of nitrogens with zero attached hydrogens (tertiary/aromatic N) is 2. The lowest BCUT2D eigenvalue weighted by Gasteiger charge is -2.25. The Bertz CT molecular complexity index is 430. The third-order valence-corrected chi connectivity index (χ3v) is 2.81. The quantitative estimate of drug-likeness (QED) is 0.677. The van der Waals surface area contributed by atoms with E-state index in [9.17, 15) is 0 Å². The van der Waals surface area contributed by atoms with Gasteiger partial charge in [0.25, 0.3) is 0 Å². The van der Waals surface area contributed by atoms with Crippen molar-refractivity contribution < 1.29 is 0 Å². The number of aliphatic imine (C=N–C) groups is 1. The molecule has 0 aromatic heterocycles. The third kappa shape index (κ3) is 1.67. The van der Waals surface area contributed by atoms with Crippen molar-refractivity contribution in [1.29, 1.82) is 0 Å².